The van der Waals surface area contributed by atoms with Crippen molar-refractivity contribution in [3.05, 3.63) is 16.3 Å². The van der Waals surface area contributed by atoms with Gasteiger partial charge < -0.3 is 9.64 Å². The van der Waals surface area contributed by atoms with E-state index in [0.29, 0.717) is 19.8 Å². The first kappa shape index (κ1) is 12.5. The van der Waals surface area contributed by atoms with E-state index in [1.807, 2.05) is 11.8 Å². The molecule has 9 nitrogen and oxygen atoms in total. The molecule has 1 unspecified atom stereocenters. The highest BCUT2D eigenvalue weighted by molar-refractivity contribution is 5.59. The maximum atomic E-state index is 11.0. The van der Waals surface area contributed by atoms with E-state index in [4.69, 9.17) is 10.6 Å². The van der Waals surface area contributed by atoms with E-state index in [1.54, 1.807) is 0 Å². The molecule has 0 saturated carbocycles. The van der Waals surface area contributed by atoms with E-state index in [9.17, 15) is 10.1 Å². The molecular weight excluding hydrogens is 240 g/mol. The number of anilines is 2. The van der Waals surface area contributed by atoms with E-state index in [1.165, 1.54) is 0 Å². The van der Waals surface area contributed by atoms with Crippen LogP contribution in [-0.4, -0.2) is 40.7 Å². The summed E-state index contributed by atoms with van der Waals surface area (Å²) in [6.45, 7) is 3.48. The number of nitrogens with zero attached hydrogens (tertiary/aromatic N) is 4. The zero-order chi connectivity index (χ0) is 13.1. The number of nitrogens with two attached hydrogens (primary N) is 1. The molecule has 98 valence electrons. The van der Waals surface area contributed by atoms with Crippen LogP contribution in [0.5, 0.6) is 0 Å². The molecule has 1 fully saturated rings. The maximum absolute atomic E-state index is 11.0. The molecule has 3 N–H and O–H groups in total. The van der Waals surface area contributed by atoms with Crippen LogP contribution >= 0.6 is 0 Å². The summed E-state index contributed by atoms with van der Waals surface area (Å²) in [5.74, 6) is 5.63. The van der Waals surface area contributed by atoms with Crippen molar-refractivity contribution in [1.82, 2.24) is 9.97 Å². The maximum Gasteiger partial charge on any atom is 0.329 e. The Balaban J connectivity index is 2.42. The number of rotatable bonds is 3. The SMILES string of the molecule is CC1COCCN1c1nc(NN)ncc1[N+](=O)[O-]. The highest BCUT2D eigenvalue weighted by Crippen LogP contribution is 2.28. The van der Waals surface area contributed by atoms with Crippen molar-refractivity contribution < 1.29 is 9.66 Å². The molecular formula is C9H14N6O3. The summed E-state index contributed by atoms with van der Waals surface area (Å²) >= 11 is 0. The number of ether oxygens (including phenoxy) is 1. The van der Waals surface area contributed by atoms with Crippen molar-refractivity contribution in [2.75, 3.05) is 30.1 Å². The highest BCUT2D eigenvalue weighted by atomic mass is 16.6. The van der Waals surface area contributed by atoms with Crippen molar-refractivity contribution in [3.63, 3.8) is 0 Å². The monoisotopic (exact) mass is 254 g/mol. The van der Waals surface area contributed by atoms with E-state index in [0.717, 1.165) is 6.20 Å². The van der Waals surface area contributed by atoms with Crippen LogP contribution in [0.2, 0.25) is 0 Å². The second kappa shape index (κ2) is 5.10. The Bertz CT molecular complexity index is 454. The second-order valence-electron chi connectivity index (χ2n) is 3.92. The summed E-state index contributed by atoms with van der Waals surface area (Å²) in [7, 11) is 0. The third kappa shape index (κ3) is 2.31. The van der Waals surface area contributed by atoms with Crippen LogP contribution in [0.15, 0.2) is 6.20 Å². The molecule has 0 aliphatic carbocycles. The third-order valence-corrected chi connectivity index (χ3v) is 2.72. The van der Waals surface area contributed by atoms with Crippen molar-refractivity contribution >= 4 is 17.5 Å². The lowest BCUT2D eigenvalue weighted by Gasteiger charge is -2.33. The molecule has 18 heavy (non-hydrogen) atoms. The first-order valence-electron chi connectivity index (χ1n) is 5.46. The molecule has 1 aliphatic heterocycles. The van der Waals surface area contributed by atoms with E-state index < -0.39 is 4.92 Å². The summed E-state index contributed by atoms with van der Waals surface area (Å²) in [5, 5.41) is 11.0. The standard InChI is InChI=1S/C9H14N6O3/c1-6-5-18-3-2-14(6)8-7(15(16)17)4-11-9(12-8)13-10/h4,6H,2-3,5,10H2,1H3,(H,11,12,13). The van der Waals surface area contributed by atoms with Crippen LogP contribution in [0.4, 0.5) is 17.5 Å². The van der Waals surface area contributed by atoms with Gasteiger partial charge in [0.05, 0.1) is 24.2 Å². The molecule has 1 aromatic rings. The Morgan fingerprint density at radius 1 is 1.72 bits per heavy atom. The third-order valence-electron chi connectivity index (χ3n) is 2.72. The molecule has 1 aromatic heterocycles. The van der Waals surface area contributed by atoms with Gasteiger partial charge in [-0.3, -0.25) is 15.5 Å². The average molecular weight is 254 g/mol. The fourth-order valence-electron chi connectivity index (χ4n) is 1.82. The largest absolute Gasteiger partial charge is 0.377 e. The Labute approximate surface area is 103 Å². The summed E-state index contributed by atoms with van der Waals surface area (Å²) in [4.78, 5) is 20.1. The van der Waals surface area contributed by atoms with Crippen LogP contribution in [0.25, 0.3) is 0 Å². The Morgan fingerprint density at radius 2 is 2.50 bits per heavy atom. The van der Waals surface area contributed by atoms with Crippen LogP contribution < -0.4 is 16.2 Å². The number of hydrogen-bond donors (Lipinski definition) is 2. The molecule has 0 radical (unpaired) electrons. The number of nitrogens with one attached hydrogen (secondary N) is 1. The molecule has 0 spiro atoms. The molecule has 2 heterocycles. The van der Waals surface area contributed by atoms with Gasteiger partial charge in [0.1, 0.15) is 6.20 Å². The van der Waals surface area contributed by atoms with Gasteiger partial charge in [-0.1, -0.05) is 0 Å². The predicted octanol–water partition coefficient (Wildman–Crippen LogP) is -0.104. The normalized spacial score (nSPS) is 19.7. The first-order chi connectivity index (χ1) is 8.63. The van der Waals surface area contributed by atoms with Crippen LogP contribution in [0.3, 0.4) is 0 Å². The minimum absolute atomic E-state index is 0.0120. The lowest BCUT2D eigenvalue weighted by Crippen LogP contribution is -2.44. The number of aromatic nitrogens is 2. The molecule has 2 rings (SSSR count). The molecule has 0 aromatic carbocycles. The van der Waals surface area contributed by atoms with Gasteiger partial charge in [0, 0.05) is 6.54 Å². The average Bonchev–Trinajstić information content (AvgIpc) is 2.38. The van der Waals surface area contributed by atoms with Gasteiger partial charge in [0.25, 0.3) is 0 Å². The van der Waals surface area contributed by atoms with Crippen molar-refractivity contribution in [2.24, 2.45) is 5.84 Å². The molecule has 1 saturated heterocycles. The Hall–Kier alpha value is -2.00. The summed E-state index contributed by atoms with van der Waals surface area (Å²) in [6.07, 6.45) is 1.15. The summed E-state index contributed by atoms with van der Waals surface area (Å²) in [5.41, 5.74) is 2.15. The van der Waals surface area contributed by atoms with E-state index in [-0.39, 0.29) is 23.5 Å². The van der Waals surface area contributed by atoms with Gasteiger partial charge in [-0.2, -0.15) is 4.98 Å². The topological polar surface area (TPSA) is 119 Å². The lowest BCUT2D eigenvalue weighted by atomic mass is 10.2. The van der Waals surface area contributed by atoms with Gasteiger partial charge in [0.15, 0.2) is 0 Å². The number of nitro groups is 1. The number of morpholine rings is 1. The van der Waals surface area contributed by atoms with Gasteiger partial charge in [-0.15, -0.1) is 0 Å². The number of hydrogen-bond acceptors (Lipinski definition) is 8. The highest BCUT2D eigenvalue weighted by Gasteiger charge is 2.28. The zero-order valence-electron chi connectivity index (χ0n) is 9.87. The van der Waals surface area contributed by atoms with Crippen LogP contribution in [0.1, 0.15) is 6.92 Å². The molecule has 9 heteroatoms. The molecule has 0 amide bonds. The van der Waals surface area contributed by atoms with Crippen LogP contribution in [-0.2, 0) is 4.74 Å². The van der Waals surface area contributed by atoms with Crippen LogP contribution in [0, 0.1) is 10.1 Å². The smallest absolute Gasteiger partial charge is 0.329 e. The fraction of sp³-hybridized carbons (Fsp3) is 0.556. The minimum Gasteiger partial charge on any atom is -0.377 e. The predicted molar refractivity (Wildman–Crippen MR) is 64.1 cm³/mol. The van der Waals surface area contributed by atoms with Crippen molar-refractivity contribution in [1.29, 1.82) is 0 Å². The Kier molecular flexibility index (Phi) is 3.53. The number of hydrazine groups is 1. The van der Waals surface area contributed by atoms with Gasteiger partial charge in [-0.05, 0) is 6.92 Å². The Morgan fingerprint density at radius 3 is 3.11 bits per heavy atom. The first-order valence-corrected chi connectivity index (χ1v) is 5.46. The molecule has 0 bridgehead atoms. The van der Waals surface area contributed by atoms with Gasteiger partial charge in [0.2, 0.25) is 11.8 Å². The quantitative estimate of drug-likeness (QED) is 0.435. The summed E-state index contributed by atoms with van der Waals surface area (Å²) in [6, 6.07) is 0.0120. The zero-order valence-corrected chi connectivity index (χ0v) is 9.87. The van der Waals surface area contributed by atoms with E-state index >= 15 is 0 Å². The van der Waals surface area contributed by atoms with Gasteiger partial charge in [-0.25, -0.2) is 10.8 Å². The minimum atomic E-state index is -0.502. The van der Waals surface area contributed by atoms with Crippen molar-refractivity contribution in [3.8, 4) is 0 Å². The second-order valence-corrected chi connectivity index (χ2v) is 3.92. The molecule has 1 aliphatic rings. The number of nitrogen functional groups attached to an aromatic ring is 1. The van der Waals surface area contributed by atoms with Gasteiger partial charge >= 0.3 is 5.69 Å². The molecule has 1 atom stereocenters. The van der Waals surface area contributed by atoms with E-state index in [2.05, 4.69) is 15.4 Å². The fourth-order valence-corrected chi connectivity index (χ4v) is 1.82. The summed E-state index contributed by atoms with van der Waals surface area (Å²) < 4.78 is 5.30. The van der Waals surface area contributed by atoms with Crippen molar-refractivity contribution in [2.45, 2.75) is 13.0 Å². The lowest BCUT2D eigenvalue weighted by molar-refractivity contribution is -0.384.